The minimum Gasteiger partial charge on any atom is -0.497 e. The largest absolute Gasteiger partial charge is 0.497 e. The number of hydrogen-bond acceptors (Lipinski definition) is 5. The lowest BCUT2D eigenvalue weighted by atomic mass is 9.86. The molecular weight excluding hydrogens is 364 g/mol. The highest BCUT2D eigenvalue weighted by Crippen LogP contribution is 2.39. The van der Waals surface area contributed by atoms with Crippen LogP contribution in [0.5, 0.6) is 17.2 Å². The number of nitrogens with one attached hydrogen (secondary N) is 1. The third-order valence-corrected chi connectivity index (χ3v) is 5.53. The first kappa shape index (κ1) is 21.5. The third-order valence-electron chi connectivity index (χ3n) is 5.53. The summed E-state index contributed by atoms with van der Waals surface area (Å²) in [5.41, 5.74) is 5.21. The minimum atomic E-state index is 0.148. The molecular formula is C24H34N2O3. The Morgan fingerprint density at radius 2 is 1.86 bits per heavy atom. The van der Waals surface area contributed by atoms with E-state index in [0.717, 1.165) is 49.6 Å². The lowest BCUT2D eigenvalue weighted by Crippen LogP contribution is -2.31. The lowest BCUT2D eigenvalue weighted by molar-refractivity contribution is 0.267. The molecule has 0 bridgehead atoms. The number of nitrogens with zero attached hydrogens (tertiary/aromatic N) is 1. The van der Waals surface area contributed by atoms with Crippen molar-refractivity contribution in [3.63, 3.8) is 0 Å². The minimum absolute atomic E-state index is 0.148. The van der Waals surface area contributed by atoms with Crippen molar-refractivity contribution in [1.82, 2.24) is 10.2 Å². The number of ether oxygens (including phenoxy) is 3. The fourth-order valence-electron chi connectivity index (χ4n) is 3.97. The van der Waals surface area contributed by atoms with Crippen LogP contribution in [0.1, 0.15) is 41.6 Å². The maximum absolute atomic E-state index is 6.12. The topological polar surface area (TPSA) is 43.0 Å². The first-order chi connectivity index (χ1) is 14.1. The molecule has 1 heterocycles. The first-order valence-electron chi connectivity index (χ1n) is 10.5. The quantitative estimate of drug-likeness (QED) is 0.650. The lowest BCUT2D eigenvalue weighted by Gasteiger charge is -2.30. The van der Waals surface area contributed by atoms with Gasteiger partial charge in [0.1, 0.15) is 5.75 Å². The van der Waals surface area contributed by atoms with Gasteiger partial charge in [0, 0.05) is 13.1 Å². The first-order valence-corrected chi connectivity index (χ1v) is 10.5. The molecule has 3 rings (SSSR count). The van der Waals surface area contributed by atoms with Crippen LogP contribution in [0.4, 0.5) is 0 Å². The average molecular weight is 399 g/mol. The molecule has 5 heteroatoms. The van der Waals surface area contributed by atoms with Gasteiger partial charge in [-0.25, -0.2) is 0 Å². The zero-order chi connectivity index (χ0) is 20.8. The van der Waals surface area contributed by atoms with Crippen LogP contribution in [0.25, 0.3) is 0 Å². The molecule has 0 amide bonds. The van der Waals surface area contributed by atoms with Gasteiger partial charge in [0.25, 0.3) is 0 Å². The van der Waals surface area contributed by atoms with Gasteiger partial charge >= 0.3 is 0 Å². The Bertz CT molecular complexity index is 820. The van der Waals surface area contributed by atoms with Crippen LogP contribution in [0.3, 0.4) is 0 Å². The van der Waals surface area contributed by atoms with E-state index in [9.17, 15) is 0 Å². The number of rotatable bonds is 9. The number of hydrogen-bond donors (Lipinski definition) is 1. The molecule has 1 atom stereocenters. The van der Waals surface area contributed by atoms with Crippen molar-refractivity contribution in [3.8, 4) is 17.2 Å². The van der Waals surface area contributed by atoms with Crippen molar-refractivity contribution in [2.45, 2.75) is 32.2 Å². The van der Waals surface area contributed by atoms with Gasteiger partial charge in [0.2, 0.25) is 0 Å². The second-order valence-electron chi connectivity index (χ2n) is 7.76. The van der Waals surface area contributed by atoms with E-state index in [1.54, 1.807) is 14.2 Å². The molecule has 29 heavy (non-hydrogen) atoms. The fraction of sp³-hybridized carbons (Fsp3) is 0.500. The van der Waals surface area contributed by atoms with Crippen LogP contribution in [-0.4, -0.2) is 52.9 Å². The summed E-state index contributed by atoms with van der Waals surface area (Å²) in [7, 11) is 7.59. The predicted octanol–water partition coefficient (Wildman–Crippen LogP) is 3.83. The van der Waals surface area contributed by atoms with Crippen LogP contribution < -0.4 is 19.5 Å². The van der Waals surface area contributed by atoms with Crippen LogP contribution >= 0.6 is 0 Å². The van der Waals surface area contributed by atoms with E-state index in [2.05, 4.69) is 55.5 Å². The molecule has 1 aliphatic heterocycles. The summed E-state index contributed by atoms with van der Waals surface area (Å²) in [5, 5.41) is 3.71. The van der Waals surface area contributed by atoms with Gasteiger partial charge in [-0.05, 0) is 79.9 Å². The second kappa shape index (κ2) is 9.99. The summed E-state index contributed by atoms with van der Waals surface area (Å²) in [6.07, 6.45) is 2.93. The van der Waals surface area contributed by atoms with Crippen LogP contribution in [0.2, 0.25) is 0 Å². The van der Waals surface area contributed by atoms with Crippen LogP contribution in [0.15, 0.2) is 30.3 Å². The highest BCUT2D eigenvalue weighted by atomic mass is 16.5. The Morgan fingerprint density at radius 3 is 2.55 bits per heavy atom. The molecule has 1 aliphatic rings. The summed E-state index contributed by atoms with van der Waals surface area (Å²) >= 11 is 0. The second-order valence-corrected chi connectivity index (χ2v) is 7.76. The molecule has 0 fully saturated rings. The molecule has 0 aliphatic carbocycles. The van der Waals surface area contributed by atoms with Gasteiger partial charge in [-0.1, -0.05) is 13.0 Å². The molecule has 0 saturated carbocycles. The van der Waals surface area contributed by atoms with E-state index in [4.69, 9.17) is 14.2 Å². The summed E-state index contributed by atoms with van der Waals surface area (Å²) < 4.78 is 17.2. The molecule has 1 unspecified atom stereocenters. The maximum Gasteiger partial charge on any atom is 0.161 e. The number of fused-ring (bicyclic) bond motifs is 1. The molecule has 5 nitrogen and oxygen atoms in total. The maximum atomic E-state index is 6.12. The van der Waals surface area contributed by atoms with Crippen LogP contribution in [0, 0.1) is 0 Å². The van der Waals surface area contributed by atoms with Crippen molar-refractivity contribution in [2.24, 2.45) is 0 Å². The molecule has 2 aromatic rings. The summed E-state index contributed by atoms with van der Waals surface area (Å²) in [6.45, 7) is 4.81. The van der Waals surface area contributed by atoms with Crippen LogP contribution in [-0.2, 0) is 12.8 Å². The fourth-order valence-corrected chi connectivity index (χ4v) is 3.97. The molecule has 0 aromatic heterocycles. The van der Waals surface area contributed by atoms with E-state index in [-0.39, 0.29) is 6.04 Å². The van der Waals surface area contributed by atoms with E-state index >= 15 is 0 Å². The Morgan fingerprint density at radius 1 is 1.03 bits per heavy atom. The zero-order valence-electron chi connectivity index (χ0n) is 18.4. The average Bonchev–Trinajstić information content (AvgIpc) is 2.75. The molecule has 158 valence electrons. The summed E-state index contributed by atoms with van der Waals surface area (Å²) in [4.78, 5) is 2.17. The zero-order valence-corrected chi connectivity index (χ0v) is 18.4. The Labute approximate surface area is 175 Å². The Balaban J connectivity index is 1.92. The van der Waals surface area contributed by atoms with Gasteiger partial charge in [0.05, 0.1) is 26.9 Å². The van der Waals surface area contributed by atoms with Gasteiger partial charge in [0.15, 0.2) is 11.5 Å². The van der Waals surface area contributed by atoms with Crippen molar-refractivity contribution < 1.29 is 14.2 Å². The van der Waals surface area contributed by atoms with Crippen molar-refractivity contribution in [1.29, 1.82) is 0 Å². The summed E-state index contributed by atoms with van der Waals surface area (Å²) in [5.74, 6) is 2.55. The monoisotopic (exact) mass is 398 g/mol. The van der Waals surface area contributed by atoms with Crippen molar-refractivity contribution in [2.75, 3.05) is 48.0 Å². The smallest absolute Gasteiger partial charge is 0.161 e. The van der Waals surface area contributed by atoms with Gasteiger partial charge in [-0.3, -0.25) is 0 Å². The van der Waals surface area contributed by atoms with Crippen molar-refractivity contribution >= 4 is 0 Å². The third kappa shape index (κ3) is 5.03. The molecule has 0 saturated heterocycles. The molecule has 1 N–H and O–H groups in total. The van der Waals surface area contributed by atoms with E-state index in [1.807, 2.05) is 6.07 Å². The molecule has 2 aromatic carbocycles. The highest BCUT2D eigenvalue weighted by molar-refractivity contribution is 5.53. The summed E-state index contributed by atoms with van der Waals surface area (Å²) in [6, 6.07) is 10.9. The van der Waals surface area contributed by atoms with Gasteiger partial charge in [-0.15, -0.1) is 0 Å². The highest BCUT2D eigenvalue weighted by Gasteiger charge is 2.25. The molecule has 0 spiro atoms. The number of methoxy groups -OCH3 is 2. The normalized spacial score (nSPS) is 15.9. The predicted molar refractivity (Wildman–Crippen MR) is 118 cm³/mol. The number of aryl methyl sites for hydroxylation is 1. The van der Waals surface area contributed by atoms with Gasteiger partial charge in [-0.2, -0.15) is 0 Å². The SMILES string of the molecule is CCc1cc(OC)ccc1C1NCCc2cc(OC)c(OCCCN(C)C)cc21. The van der Waals surface area contributed by atoms with Gasteiger partial charge < -0.3 is 24.4 Å². The molecule has 0 radical (unpaired) electrons. The van der Waals surface area contributed by atoms with E-state index in [1.165, 1.54) is 22.3 Å². The standard InChI is InChI=1S/C24H34N2O3/c1-6-17-14-19(27-4)8-9-20(17)24-21-16-23(29-13-7-12-26(2)3)22(28-5)15-18(21)10-11-25-24/h8-9,14-16,24-25H,6-7,10-13H2,1-5H3. The Hall–Kier alpha value is -2.24. The number of benzene rings is 2. The van der Waals surface area contributed by atoms with Crippen molar-refractivity contribution in [3.05, 3.63) is 52.6 Å². The van der Waals surface area contributed by atoms with E-state index < -0.39 is 0 Å². The Kier molecular flexibility index (Phi) is 7.40. The van der Waals surface area contributed by atoms with E-state index in [0.29, 0.717) is 6.61 Å².